The standard InChI is InChI=1S/C20H20Br2O2/c21-19(11-23)15-3-1-2-13-4-5-14(6-7-15)17-9-8-16(10-18(13)17)20(22)12-24/h1,3,7-14,19-20H,2,4-6H2. The number of hydrogen-bond donors (Lipinski definition) is 0. The lowest BCUT2D eigenvalue weighted by Gasteiger charge is -2.32. The number of alkyl halides is 2. The SMILES string of the molecule is O=CC(Br)C1=CCC2CCC(CC=C1)c1cc(C(Br)C=O)ccc12. The Morgan fingerprint density at radius 1 is 0.958 bits per heavy atom. The highest BCUT2D eigenvalue weighted by Gasteiger charge is 2.27. The molecule has 0 radical (unpaired) electrons. The Kier molecular flexibility index (Phi) is 5.88. The first-order valence-electron chi connectivity index (χ1n) is 8.33. The van der Waals surface area contributed by atoms with E-state index in [1.807, 2.05) is 0 Å². The summed E-state index contributed by atoms with van der Waals surface area (Å²) in [7, 11) is 0. The lowest BCUT2D eigenvalue weighted by atomic mass is 9.73. The van der Waals surface area contributed by atoms with Crippen LogP contribution >= 0.6 is 31.9 Å². The van der Waals surface area contributed by atoms with Gasteiger partial charge in [-0.25, -0.2) is 0 Å². The second-order valence-electron chi connectivity index (χ2n) is 6.51. The summed E-state index contributed by atoms with van der Waals surface area (Å²) in [5.74, 6) is 0.978. The number of hydrogen-bond acceptors (Lipinski definition) is 2. The molecule has 0 aliphatic heterocycles. The van der Waals surface area contributed by atoms with Crippen LogP contribution in [-0.2, 0) is 9.59 Å². The third-order valence-corrected chi connectivity index (χ3v) is 6.59. The average Bonchev–Trinajstić information content (AvgIpc) is 2.64. The van der Waals surface area contributed by atoms with Crippen molar-refractivity contribution >= 4 is 44.4 Å². The molecule has 3 aliphatic carbocycles. The van der Waals surface area contributed by atoms with Crippen molar-refractivity contribution in [3.8, 4) is 0 Å². The summed E-state index contributed by atoms with van der Waals surface area (Å²) < 4.78 is 0. The number of carbonyl (C=O) groups excluding carboxylic acids is 2. The van der Waals surface area contributed by atoms with Crippen molar-refractivity contribution in [3.05, 3.63) is 58.7 Å². The molecule has 4 unspecified atom stereocenters. The van der Waals surface area contributed by atoms with Crippen molar-refractivity contribution in [3.63, 3.8) is 0 Å². The molecule has 0 saturated heterocycles. The van der Waals surface area contributed by atoms with Crippen LogP contribution in [0.15, 0.2) is 42.0 Å². The maximum absolute atomic E-state index is 11.1. The van der Waals surface area contributed by atoms with Crippen LogP contribution in [0, 0.1) is 0 Å². The van der Waals surface area contributed by atoms with Gasteiger partial charge in [-0.05, 0) is 59.8 Å². The van der Waals surface area contributed by atoms with Gasteiger partial charge in [0.15, 0.2) is 0 Å². The van der Waals surface area contributed by atoms with E-state index in [-0.39, 0.29) is 9.65 Å². The second kappa shape index (κ2) is 7.92. The minimum absolute atomic E-state index is 0.227. The van der Waals surface area contributed by atoms with Crippen molar-refractivity contribution in [1.29, 1.82) is 0 Å². The van der Waals surface area contributed by atoms with Gasteiger partial charge in [0, 0.05) is 0 Å². The summed E-state index contributed by atoms with van der Waals surface area (Å²) in [5, 5.41) is 0. The first kappa shape index (κ1) is 17.8. The Bertz CT molecular complexity index is 693. The third-order valence-electron chi connectivity index (χ3n) is 5.10. The minimum atomic E-state index is -0.236. The summed E-state index contributed by atoms with van der Waals surface area (Å²) in [6.07, 6.45) is 12.6. The normalized spacial score (nSPS) is 25.3. The van der Waals surface area contributed by atoms with E-state index in [0.717, 1.165) is 36.6 Å². The second-order valence-corrected chi connectivity index (χ2v) is 8.49. The van der Waals surface area contributed by atoms with Gasteiger partial charge in [0.1, 0.15) is 12.6 Å². The molecule has 2 nitrogen and oxygen atoms in total. The first-order valence-corrected chi connectivity index (χ1v) is 10.2. The predicted molar refractivity (Wildman–Crippen MR) is 104 cm³/mol. The number of carbonyl (C=O) groups is 2. The average molecular weight is 452 g/mol. The molecule has 0 heterocycles. The largest absolute Gasteiger partial charge is 0.302 e. The molecule has 0 N–H and O–H groups in total. The van der Waals surface area contributed by atoms with Crippen molar-refractivity contribution in [2.75, 3.05) is 0 Å². The van der Waals surface area contributed by atoms with Crippen LogP contribution < -0.4 is 0 Å². The molecule has 126 valence electrons. The van der Waals surface area contributed by atoms with Crippen LogP contribution in [0.5, 0.6) is 0 Å². The number of benzene rings is 1. The summed E-state index contributed by atoms with van der Waals surface area (Å²) in [5.41, 5.74) is 4.89. The fraction of sp³-hybridized carbons (Fsp3) is 0.400. The van der Waals surface area contributed by atoms with Crippen LogP contribution in [0.4, 0.5) is 0 Å². The number of halogens is 2. The van der Waals surface area contributed by atoms with Gasteiger partial charge in [0.2, 0.25) is 0 Å². The van der Waals surface area contributed by atoms with E-state index in [0.29, 0.717) is 11.8 Å². The summed E-state index contributed by atoms with van der Waals surface area (Å²) >= 11 is 6.87. The predicted octanol–water partition coefficient (Wildman–Crippen LogP) is 5.52. The van der Waals surface area contributed by atoms with Crippen molar-refractivity contribution in [2.45, 2.75) is 47.2 Å². The summed E-state index contributed by atoms with van der Waals surface area (Å²) in [6.45, 7) is 0. The molecular formula is C20H20Br2O2. The van der Waals surface area contributed by atoms with Crippen molar-refractivity contribution in [2.24, 2.45) is 0 Å². The van der Waals surface area contributed by atoms with Crippen LogP contribution in [0.1, 0.15) is 59.0 Å². The van der Waals surface area contributed by atoms with Crippen LogP contribution in [0.3, 0.4) is 0 Å². The molecule has 24 heavy (non-hydrogen) atoms. The smallest absolute Gasteiger partial charge is 0.138 e. The Morgan fingerprint density at radius 2 is 1.67 bits per heavy atom. The molecule has 0 fully saturated rings. The molecule has 0 aromatic heterocycles. The highest BCUT2D eigenvalue weighted by atomic mass is 79.9. The molecule has 1 aromatic rings. The maximum Gasteiger partial charge on any atom is 0.138 e. The number of allylic oxidation sites excluding steroid dienone is 4. The van der Waals surface area contributed by atoms with E-state index < -0.39 is 0 Å². The summed E-state index contributed by atoms with van der Waals surface area (Å²) in [6, 6.07) is 6.47. The Labute approximate surface area is 159 Å². The zero-order chi connectivity index (χ0) is 17.1. The molecule has 4 heteroatoms. The number of rotatable bonds is 4. The Balaban J connectivity index is 1.99. The zero-order valence-electron chi connectivity index (χ0n) is 13.3. The van der Waals surface area contributed by atoms with Crippen molar-refractivity contribution in [1.82, 2.24) is 0 Å². The van der Waals surface area contributed by atoms with E-state index >= 15 is 0 Å². The lowest BCUT2D eigenvalue weighted by Crippen LogP contribution is -2.16. The molecular weight excluding hydrogens is 432 g/mol. The van der Waals surface area contributed by atoms with Crippen LogP contribution in [0.2, 0.25) is 0 Å². The highest BCUT2D eigenvalue weighted by Crippen LogP contribution is 2.44. The Morgan fingerprint density at radius 3 is 2.38 bits per heavy atom. The molecule has 2 bridgehead atoms. The Hall–Kier alpha value is -1.00. The molecule has 1 aromatic carbocycles. The lowest BCUT2D eigenvalue weighted by molar-refractivity contribution is -0.107. The van der Waals surface area contributed by atoms with Gasteiger partial charge in [-0.15, -0.1) is 0 Å². The third kappa shape index (κ3) is 3.65. The summed E-state index contributed by atoms with van der Waals surface area (Å²) in [4.78, 5) is 21.7. The molecule has 4 atom stereocenters. The minimum Gasteiger partial charge on any atom is -0.302 e. The van der Waals surface area contributed by atoms with Gasteiger partial charge in [0.05, 0.1) is 9.65 Å². The fourth-order valence-electron chi connectivity index (χ4n) is 3.77. The van der Waals surface area contributed by atoms with Gasteiger partial charge in [0.25, 0.3) is 0 Å². The van der Waals surface area contributed by atoms with Gasteiger partial charge in [-0.3, -0.25) is 0 Å². The van der Waals surface area contributed by atoms with Gasteiger partial charge >= 0.3 is 0 Å². The molecule has 3 aliphatic rings. The monoisotopic (exact) mass is 450 g/mol. The quantitative estimate of drug-likeness (QED) is 0.446. The molecule has 0 amide bonds. The van der Waals surface area contributed by atoms with Crippen LogP contribution in [0.25, 0.3) is 0 Å². The number of fused-ring (bicyclic) bond motifs is 4. The topological polar surface area (TPSA) is 34.1 Å². The van der Waals surface area contributed by atoms with E-state index in [9.17, 15) is 9.59 Å². The van der Waals surface area contributed by atoms with E-state index in [2.05, 4.69) is 68.3 Å². The van der Waals surface area contributed by atoms with E-state index in [1.165, 1.54) is 24.0 Å². The number of aldehydes is 2. The maximum atomic E-state index is 11.1. The van der Waals surface area contributed by atoms with Gasteiger partial charge < -0.3 is 9.59 Å². The van der Waals surface area contributed by atoms with Gasteiger partial charge in [-0.1, -0.05) is 68.3 Å². The van der Waals surface area contributed by atoms with E-state index in [1.54, 1.807) is 0 Å². The van der Waals surface area contributed by atoms with Gasteiger partial charge in [-0.2, -0.15) is 0 Å². The first-order chi connectivity index (χ1) is 11.6. The van der Waals surface area contributed by atoms with Crippen molar-refractivity contribution < 1.29 is 9.59 Å². The fourth-order valence-corrected chi connectivity index (χ4v) is 4.39. The molecule has 0 saturated carbocycles. The van der Waals surface area contributed by atoms with E-state index in [4.69, 9.17) is 0 Å². The van der Waals surface area contributed by atoms with Crippen LogP contribution in [-0.4, -0.2) is 17.4 Å². The highest BCUT2D eigenvalue weighted by molar-refractivity contribution is 9.10. The zero-order valence-corrected chi connectivity index (χ0v) is 16.5. The molecule has 0 spiro atoms. The molecule has 4 rings (SSSR count).